The molecule has 1 unspecified atom stereocenters. The Hall–Kier alpha value is -1.83. The molecule has 0 aliphatic rings. The van der Waals surface area contributed by atoms with E-state index in [-0.39, 0.29) is 17.7 Å². The van der Waals surface area contributed by atoms with Crippen molar-refractivity contribution in [3.8, 4) is 0 Å². The van der Waals surface area contributed by atoms with E-state index in [9.17, 15) is 4.79 Å². The Kier molecular flexibility index (Phi) is 5.70. The molecule has 0 radical (unpaired) electrons. The van der Waals surface area contributed by atoms with Gasteiger partial charge in [-0.05, 0) is 44.5 Å². The number of rotatable bonds is 5. The van der Waals surface area contributed by atoms with Crippen LogP contribution in [0.25, 0.3) is 5.78 Å². The van der Waals surface area contributed by atoms with Gasteiger partial charge in [-0.3, -0.25) is 9.20 Å². The predicted molar refractivity (Wildman–Crippen MR) is 104 cm³/mol. The fraction of sp³-hybridized carbons (Fsp3) is 0.294. The van der Waals surface area contributed by atoms with Gasteiger partial charge in [0.2, 0.25) is 5.91 Å². The van der Waals surface area contributed by atoms with Gasteiger partial charge in [0.15, 0.2) is 5.16 Å². The first-order valence-electron chi connectivity index (χ1n) is 7.91. The van der Waals surface area contributed by atoms with Crippen molar-refractivity contribution in [1.82, 2.24) is 24.9 Å². The summed E-state index contributed by atoms with van der Waals surface area (Å²) in [5.41, 5.74) is 2.67. The van der Waals surface area contributed by atoms with Crippen LogP contribution < -0.4 is 5.32 Å². The molecule has 0 bridgehead atoms. The highest BCUT2D eigenvalue weighted by Crippen LogP contribution is 2.26. The van der Waals surface area contributed by atoms with E-state index in [1.807, 2.05) is 37.3 Å². The molecule has 0 aliphatic heterocycles. The van der Waals surface area contributed by atoms with Crippen LogP contribution in [0.5, 0.6) is 0 Å². The molecule has 26 heavy (non-hydrogen) atoms. The topological polar surface area (TPSA) is 72.2 Å². The average molecular weight is 410 g/mol. The summed E-state index contributed by atoms with van der Waals surface area (Å²) >= 11 is 13.4. The number of nitrogens with zero attached hydrogens (tertiary/aromatic N) is 4. The van der Waals surface area contributed by atoms with Gasteiger partial charge in [-0.15, -0.1) is 10.2 Å². The molecule has 2 heterocycles. The summed E-state index contributed by atoms with van der Waals surface area (Å²) in [4.78, 5) is 16.6. The third-order valence-corrected chi connectivity index (χ3v) is 5.29. The zero-order valence-electron chi connectivity index (χ0n) is 14.5. The van der Waals surface area contributed by atoms with Crippen molar-refractivity contribution in [3.63, 3.8) is 0 Å². The SMILES string of the molecule is Cc1cc(C)n2c(SCC(=O)NC(C)c3ccc(Cl)cc3Cl)nnc2n1. The fourth-order valence-electron chi connectivity index (χ4n) is 2.64. The molecule has 1 N–H and O–H groups in total. The molecule has 0 saturated heterocycles. The number of benzene rings is 1. The van der Waals surface area contributed by atoms with Crippen LogP contribution in [-0.4, -0.2) is 31.2 Å². The lowest BCUT2D eigenvalue weighted by molar-refractivity contribution is -0.119. The Morgan fingerprint density at radius 3 is 2.77 bits per heavy atom. The average Bonchev–Trinajstić information content (AvgIpc) is 2.95. The minimum Gasteiger partial charge on any atom is -0.349 e. The number of carbonyl (C=O) groups is 1. The van der Waals surface area contributed by atoms with E-state index in [4.69, 9.17) is 23.2 Å². The Labute approximate surface area is 165 Å². The Balaban J connectivity index is 1.66. The second-order valence-electron chi connectivity index (χ2n) is 5.90. The third kappa shape index (κ3) is 4.11. The first kappa shape index (κ1) is 18.9. The smallest absolute Gasteiger partial charge is 0.256 e. The number of amides is 1. The maximum atomic E-state index is 12.3. The summed E-state index contributed by atoms with van der Waals surface area (Å²) in [5.74, 6) is 0.624. The molecule has 0 fully saturated rings. The monoisotopic (exact) mass is 409 g/mol. The van der Waals surface area contributed by atoms with E-state index in [1.54, 1.807) is 12.1 Å². The number of carbonyl (C=O) groups excluding carboxylic acids is 1. The number of halogens is 2. The molecule has 6 nitrogen and oxygen atoms in total. The first-order valence-corrected chi connectivity index (χ1v) is 9.66. The van der Waals surface area contributed by atoms with Crippen molar-refractivity contribution < 1.29 is 4.79 Å². The molecule has 1 amide bonds. The van der Waals surface area contributed by atoms with Crippen LogP contribution in [0.4, 0.5) is 0 Å². The van der Waals surface area contributed by atoms with Gasteiger partial charge in [-0.2, -0.15) is 0 Å². The van der Waals surface area contributed by atoms with Gasteiger partial charge in [-0.1, -0.05) is 41.0 Å². The van der Waals surface area contributed by atoms with E-state index >= 15 is 0 Å². The molecule has 136 valence electrons. The molecule has 0 saturated carbocycles. The Morgan fingerprint density at radius 2 is 2.04 bits per heavy atom. The number of aromatic nitrogens is 4. The van der Waals surface area contributed by atoms with Crippen LogP contribution in [0.15, 0.2) is 29.4 Å². The van der Waals surface area contributed by atoms with Gasteiger partial charge >= 0.3 is 0 Å². The second kappa shape index (κ2) is 7.82. The summed E-state index contributed by atoms with van der Waals surface area (Å²) in [6, 6.07) is 6.95. The molecular weight excluding hydrogens is 393 g/mol. The Bertz CT molecular complexity index is 975. The van der Waals surface area contributed by atoms with Crippen LogP contribution in [0.2, 0.25) is 10.0 Å². The number of thioether (sulfide) groups is 1. The van der Waals surface area contributed by atoms with Gasteiger partial charge in [0.1, 0.15) is 0 Å². The molecule has 9 heteroatoms. The number of aryl methyl sites for hydroxylation is 2. The lowest BCUT2D eigenvalue weighted by Gasteiger charge is -2.15. The quantitative estimate of drug-likeness (QED) is 0.644. The molecule has 0 spiro atoms. The maximum absolute atomic E-state index is 12.3. The number of fused-ring (bicyclic) bond motifs is 1. The maximum Gasteiger partial charge on any atom is 0.256 e. The normalized spacial score (nSPS) is 12.3. The standard InChI is InChI=1S/C17H17Cl2N5OS/c1-9-6-10(2)24-16(20-9)22-23-17(24)26-8-15(25)21-11(3)13-5-4-12(18)7-14(13)19/h4-7,11H,8H2,1-3H3,(H,21,25). The molecule has 1 atom stereocenters. The van der Waals surface area contributed by atoms with E-state index in [2.05, 4.69) is 20.5 Å². The van der Waals surface area contributed by atoms with Crippen LogP contribution in [0, 0.1) is 13.8 Å². The van der Waals surface area contributed by atoms with Crippen LogP contribution in [-0.2, 0) is 4.79 Å². The van der Waals surface area contributed by atoms with Gasteiger partial charge < -0.3 is 5.32 Å². The van der Waals surface area contributed by atoms with Crippen LogP contribution in [0.3, 0.4) is 0 Å². The predicted octanol–water partition coefficient (Wildman–Crippen LogP) is 4.02. The molecule has 1 aromatic carbocycles. The highest BCUT2D eigenvalue weighted by atomic mass is 35.5. The minimum atomic E-state index is -0.228. The zero-order valence-corrected chi connectivity index (χ0v) is 16.8. The van der Waals surface area contributed by atoms with Crippen molar-refractivity contribution in [2.75, 3.05) is 5.75 Å². The number of nitrogens with one attached hydrogen (secondary N) is 1. The lowest BCUT2D eigenvalue weighted by atomic mass is 10.1. The summed E-state index contributed by atoms with van der Waals surface area (Å²) in [7, 11) is 0. The molecule has 3 rings (SSSR count). The van der Waals surface area contributed by atoms with Crippen molar-refractivity contribution in [1.29, 1.82) is 0 Å². The summed E-state index contributed by atoms with van der Waals surface area (Å²) in [6.45, 7) is 5.74. The highest BCUT2D eigenvalue weighted by molar-refractivity contribution is 7.99. The molecule has 0 aliphatic carbocycles. The summed E-state index contributed by atoms with van der Waals surface area (Å²) in [6.07, 6.45) is 0. The van der Waals surface area contributed by atoms with Crippen molar-refractivity contribution >= 4 is 46.6 Å². The van der Waals surface area contributed by atoms with Gasteiger partial charge in [0.05, 0.1) is 11.8 Å². The fourth-order valence-corrected chi connectivity index (χ4v) is 4.01. The Morgan fingerprint density at radius 1 is 1.27 bits per heavy atom. The number of hydrogen-bond donors (Lipinski definition) is 1. The van der Waals surface area contributed by atoms with Gasteiger partial charge in [-0.25, -0.2) is 4.98 Å². The van der Waals surface area contributed by atoms with E-state index in [0.717, 1.165) is 17.0 Å². The second-order valence-corrected chi connectivity index (χ2v) is 7.69. The first-order chi connectivity index (χ1) is 12.3. The summed E-state index contributed by atoms with van der Waals surface area (Å²) in [5, 5.41) is 12.8. The van der Waals surface area contributed by atoms with Crippen LogP contribution >= 0.6 is 35.0 Å². The van der Waals surface area contributed by atoms with Crippen molar-refractivity contribution in [2.24, 2.45) is 0 Å². The van der Waals surface area contributed by atoms with Crippen molar-refractivity contribution in [3.05, 3.63) is 51.3 Å². The largest absolute Gasteiger partial charge is 0.349 e. The van der Waals surface area contributed by atoms with Gasteiger partial charge in [0.25, 0.3) is 5.78 Å². The third-order valence-electron chi connectivity index (χ3n) is 3.80. The highest BCUT2D eigenvalue weighted by Gasteiger charge is 2.15. The van der Waals surface area contributed by atoms with E-state index < -0.39 is 0 Å². The minimum absolute atomic E-state index is 0.122. The van der Waals surface area contributed by atoms with E-state index in [0.29, 0.717) is 21.0 Å². The van der Waals surface area contributed by atoms with Crippen molar-refractivity contribution in [2.45, 2.75) is 32.0 Å². The zero-order chi connectivity index (χ0) is 18.8. The summed E-state index contributed by atoms with van der Waals surface area (Å²) < 4.78 is 1.84. The van der Waals surface area contributed by atoms with Crippen LogP contribution in [0.1, 0.15) is 29.9 Å². The molecular formula is C17H17Cl2N5OS. The van der Waals surface area contributed by atoms with E-state index in [1.165, 1.54) is 11.8 Å². The lowest BCUT2D eigenvalue weighted by Crippen LogP contribution is -2.28. The molecule has 3 aromatic rings. The number of hydrogen-bond acceptors (Lipinski definition) is 5. The molecule has 2 aromatic heterocycles. The van der Waals surface area contributed by atoms with Gasteiger partial charge in [0, 0.05) is 21.4 Å².